The predicted molar refractivity (Wildman–Crippen MR) is 263 cm³/mol. The Hall–Kier alpha value is -5.16. The fourth-order valence-electron chi connectivity index (χ4n) is 6.55. The van der Waals surface area contributed by atoms with E-state index in [0.717, 1.165) is 97.6 Å². The highest BCUT2D eigenvalue weighted by Crippen LogP contribution is 2.37. The standard InChI is InChI=1S/C35H37BrO6.C18H20BrClO2/c1-4-13-27-30(18-11-19-31(27)42-32-17-10-9-16-28(32)35(37)38-3)39-20-12-21-40-33-23-34(29(36)22-26(33)5-2)41-24-25-14-7-6-8-15-25;1-2-15-11-16(19)18(12-17(15)21-10-6-9-20)22-13-14-7-4-3-5-8-14/h6-11,14-19,22-23H,4-5,12-13,20-21,24H2,1-3H3;3-5,7-8,11-12H,2,6,9-10,13H2,1H3. The molecular formula is C53H57Br2ClO8. The van der Waals surface area contributed by atoms with Gasteiger partial charge < -0.3 is 33.2 Å². The lowest BCUT2D eigenvalue weighted by molar-refractivity contribution is 0.0598. The molecule has 6 aromatic carbocycles. The van der Waals surface area contributed by atoms with Gasteiger partial charge in [-0.2, -0.15) is 0 Å². The van der Waals surface area contributed by atoms with E-state index in [1.165, 1.54) is 7.11 Å². The van der Waals surface area contributed by atoms with E-state index >= 15 is 0 Å². The summed E-state index contributed by atoms with van der Waals surface area (Å²) in [6, 6.07) is 41.0. The first-order valence-corrected chi connectivity index (χ1v) is 23.8. The van der Waals surface area contributed by atoms with E-state index in [4.69, 9.17) is 44.8 Å². The second-order valence-electron chi connectivity index (χ2n) is 14.6. The van der Waals surface area contributed by atoms with Gasteiger partial charge in [0.2, 0.25) is 0 Å². The van der Waals surface area contributed by atoms with E-state index in [1.54, 1.807) is 18.2 Å². The third-order valence-electron chi connectivity index (χ3n) is 9.91. The Kier molecular flexibility index (Phi) is 21.2. The Morgan fingerprint density at radius 1 is 0.531 bits per heavy atom. The molecule has 0 aliphatic rings. The van der Waals surface area contributed by atoms with E-state index in [2.05, 4.69) is 64.8 Å². The molecule has 0 spiro atoms. The van der Waals surface area contributed by atoms with E-state index in [-0.39, 0.29) is 0 Å². The van der Waals surface area contributed by atoms with Crippen molar-refractivity contribution in [2.24, 2.45) is 0 Å². The van der Waals surface area contributed by atoms with Crippen molar-refractivity contribution in [1.29, 1.82) is 0 Å². The van der Waals surface area contributed by atoms with Crippen molar-refractivity contribution in [3.8, 4) is 40.2 Å². The lowest BCUT2D eigenvalue weighted by Crippen LogP contribution is -2.08. The zero-order valence-electron chi connectivity index (χ0n) is 37.0. The number of carbonyl (C=O) groups excluding carboxylic acids is 1. The van der Waals surface area contributed by atoms with Crippen LogP contribution in [0, 0.1) is 0 Å². The number of hydrogen-bond donors (Lipinski definition) is 0. The topological polar surface area (TPSA) is 81.7 Å². The van der Waals surface area contributed by atoms with Crippen LogP contribution in [0.1, 0.15) is 78.2 Å². The van der Waals surface area contributed by atoms with Gasteiger partial charge in [-0.25, -0.2) is 4.79 Å². The Morgan fingerprint density at radius 3 is 1.53 bits per heavy atom. The zero-order chi connectivity index (χ0) is 45.5. The SMILES string of the molecule is CCCc1c(OCCCOc2cc(OCc3ccccc3)c(Br)cc2CC)cccc1Oc1ccccc1C(=O)OC.CCc1cc(Br)c(OCc2ccccc2)cc1OCCCCl. The maximum absolute atomic E-state index is 12.2. The van der Waals surface area contributed by atoms with Gasteiger partial charge in [0, 0.05) is 30.0 Å². The molecule has 64 heavy (non-hydrogen) atoms. The molecule has 6 aromatic rings. The van der Waals surface area contributed by atoms with Crippen LogP contribution in [0.25, 0.3) is 0 Å². The first kappa shape index (κ1) is 49.8. The molecule has 0 aliphatic heterocycles. The highest BCUT2D eigenvalue weighted by molar-refractivity contribution is 9.11. The zero-order valence-corrected chi connectivity index (χ0v) is 40.9. The van der Waals surface area contributed by atoms with Gasteiger partial charge in [0.1, 0.15) is 59.0 Å². The first-order chi connectivity index (χ1) is 31.3. The van der Waals surface area contributed by atoms with Crippen LogP contribution in [0.3, 0.4) is 0 Å². The van der Waals surface area contributed by atoms with E-state index < -0.39 is 5.97 Å². The number of rotatable bonds is 23. The van der Waals surface area contributed by atoms with E-state index in [1.807, 2.05) is 97.1 Å². The fraction of sp³-hybridized carbons (Fsp3) is 0.302. The monoisotopic (exact) mass is 1010 g/mol. The summed E-state index contributed by atoms with van der Waals surface area (Å²) >= 11 is 12.9. The average Bonchev–Trinajstić information content (AvgIpc) is 3.32. The summed E-state index contributed by atoms with van der Waals surface area (Å²) in [6.45, 7) is 8.94. The van der Waals surface area contributed by atoms with Crippen molar-refractivity contribution in [3.05, 3.63) is 170 Å². The van der Waals surface area contributed by atoms with Gasteiger partial charge in [0.15, 0.2) is 0 Å². The Labute approximate surface area is 400 Å². The van der Waals surface area contributed by atoms with Crippen LogP contribution in [0.2, 0.25) is 0 Å². The molecule has 0 saturated carbocycles. The molecule has 0 bridgehead atoms. The Bertz CT molecular complexity index is 2340. The largest absolute Gasteiger partial charge is 0.493 e. The molecule has 0 amide bonds. The normalized spacial score (nSPS) is 10.6. The molecule has 0 atom stereocenters. The maximum Gasteiger partial charge on any atom is 0.341 e. The molecule has 0 fully saturated rings. The maximum atomic E-state index is 12.2. The van der Waals surface area contributed by atoms with Crippen molar-refractivity contribution in [2.75, 3.05) is 32.8 Å². The van der Waals surface area contributed by atoms with Gasteiger partial charge in [0.05, 0.1) is 35.9 Å². The Balaban J connectivity index is 0.000000294. The van der Waals surface area contributed by atoms with Crippen molar-refractivity contribution in [2.45, 2.75) is 72.5 Å². The van der Waals surface area contributed by atoms with Crippen LogP contribution in [0.15, 0.2) is 136 Å². The van der Waals surface area contributed by atoms with Crippen molar-refractivity contribution in [1.82, 2.24) is 0 Å². The van der Waals surface area contributed by atoms with Gasteiger partial charge >= 0.3 is 5.97 Å². The molecule has 6 rings (SSSR count). The number of esters is 1. The number of carbonyl (C=O) groups is 1. The minimum atomic E-state index is -0.443. The van der Waals surface area contributed by atoms with Crippen LogP contribution < -0.4 is 28.4 Å². The molecule has 0 heterocycles. The van der Waals surface area contributed by atoms with E-state index in [0.29, 0.717) is 62.4 Å². The number of halogens is 3. The number of benzene rings is 6. The molecule has 8 nitrogen and oxygen atoms in total. The number of hydrogen-bond acceptors (Lipinski definition) is 8. The Morgan fingerprint density at radius 2 is 1.02 bits per heavy atom. The molecular weight excluding hydrogens is 960 g/mol. The molecule has 338 valence electrons. The van der Waals surface area contributed by atoms with Gasteiger partial charge in [-0.3, -0.25) is 0 Å². The van der Waals surface area contributed by atoms with Crippen LogP contribution in [-0.2, 0) is 37.2 Å². The molecule has 0 unspecified atom stereocenters. The van der Waals surface area contributed by atoms with Gasteiger partial charge in [-0.15, -0.1) is 11.6 Å². The minimum Gasteiger partial charge on any atom is -0.493 e. The third-order valence-corrected chi connectivity index (χ3v) is 11.4. The lowest BCUT2D eigenvalue weighted by Gasteiger charge is -2.17. The van der Waals surface area contributed by atoms with Gasteiger partial charge in [-0.1, -0.05) is 106 Å². The van der Waals surface area contributed by atoms with Crippen molar-refractivity contribution >= 4 is 49.4 Å². The minimum absolute atomic E-state index is 0.374. The number of ether oxygens (including phenoxy) is 7. The highest BCUT2D eigenvalue weighted by atomic mass is 79.9. The van der Waals surface area contributed by atoms with Crippen molar-refractivity contribution in [3.63, 3.8) is 0 Å². The predicted octanol–water partition coefficient (Wildman–Crippen LogP) is 14.6. The van der Waals surface area contributed by atoms with Crippen LogP contribution in [0.4, 0.5) is 0 Å². The average molecular weight is 1020 g/mol. The first-order valence-electron chi connectivity index (χ1n) is 21.7. The van der Waals surface area contributed by atoms with Gasteiger partial charge in [-0.05, 0) is 116 Å². The highest BCUT2D eigenvalue weighted by Gasteiger charge is 2.17. The van der Waals surface area contributed by atoms with Gasteiger partial charge in [0.25, 0.3) is 0 Å². The lowest BCUT2D eigenvalue weighted by atomic mass is 10.1. The summed E-state index contributed by atoms with van der Waals surface area (Å²) in [5.74, 6) is 5.26. The summed E-state index contributed by atoms with van der Waals surface area (Å²) in [4.78, 5) is 12.2. The molecule has 0 saturated heterocycles. The number of aryl methyl sites for hydroxylation is 2. The molecule has 11 heteroatoms. The summed E-state index contributed by atoms with van der Waals surface area (Å²) in [5.41, 5.74) is 5.85. The van der Waals surface area contributed by atoms with Crippen LogP contribution >= 0.6 is 43.5 Å². The summed E-state index contributed by atoms with van der Waals surface area (Å²) in [7, 11) is 1.36. The number of alkyl halides is 1. The molecule has 0 aromatic heterocycles. The molecule has 0 radical (unpaired) electrons. The number of methoxy groups -OCH3 is 1. The van der Waals surface area contributed by atoms with E-state index in [9.17, 15) is 4.79 Å². The molecule has 0 aliphatic carbocycles. The smallest absolute Gasteiger partial charge is 0.341 e. The van der Waals surface area contributed by atoms with Crippen molar-refractivity contribution < 1.29 is 38.0 Å². The van der Waals surface area contributed by atoms with Crippen LogP contribution in [-0.4, -0.2) is 38.8 Å². The summed E-state index contributed by atoms with van der Waals surface area (Å²) < 4.78 is 43.2. The third kappa shape index (κ3) is 15.2. The summed E-state index contributed by atoms with van der Waals surface area (Å²) in [5, 5.41) is 0. The molecule has 0 N–H and O–H groups in total. The number of para-hydroxylation sites is 1. The summed E-state index contributed by atoms with van der Waals surface area (Å²) in [6.07, 6.45) is 4.97. The van der Waals surface area contributed by atoms with Crippen LogP contribution in [0.5, 0.6) is 40.2 Å². The fourth-order valence-corrected chi connectivity index (χ4v) is 7.67. The second-order valence-corrected chi connectivity index (χ2v) is 16.6. The second kappa shape index (κ2) is 27.2. The quantitative estimate of drug-likeness (QED) is 0.0357.